The van der Waals surface area contributed by atoms with Crippen molar-refractivity contribution in [3.63, 3.8) is 0 Å². The predicted molar refractivity (Wildman–Crippen MR) is 119 cm³/mol. The van der Waals surface area contributed by atoms with E-state index in [0.717, 1.165) is 32.1 Å². The highest BCUT2D eigenvalue weighted by Gasteiger charge is 2.27. The van der Waals surface area contributed by atoms with E-state index in [-0.39, 0.29) is 0 Å². The van der Waals surface area contributed by atoms with Crippen LogP contribution in [0.15, 0.2) is 0 Å². The van der Waals surface area contributed by atoms with E-state index in [2.05, 4.69) is 6.92 Å². The summed E-state index contributed by atoms with van der Waals surface area (Å²) in [5.41, 5.74) is 0. The van der Waals surface area contributed by atoms with Crippen molar-refractivity contribution in [3.05, 3.63) is 0 Å². The monoisotopic (exact) mass is 418 g/mol. The average molecular weight is 419 g/mol. The first-order valence-electron chi connectivity index (χ1n) is 12.3. The Labute approximate surface area is 175 Å². The highest BCUT2D eigenvalue weighted by atomic mass is 31.2. The Kier molecular flexibility index (Phi) is 17.8. The quantitative estimate of drug-likeness (QED) is 0.165. The predicted octanol–water partition coefficient (Wildman–Crippen LogP) is 8.59. The second-order valence-corrected chi connectivity index (χ2v) is 9.98. The molecule has 4 nitrogen and oxygen atoms in total. The lowest BCUT2D eigenvalue weighted by atomic mass is 10.0. The van der Waals surface area contributed by atoms with Crippen LogP contribution in [0.4, 0.5) is 0 Å². The van der Waals surface area contributed by atoms with Crippen molar-refractivity contribution in [1.82, 2.24) is 0 Å². The molecule has 5 heteroatoms. The number of unbranched alkanes of at least 4 members (excludes halogenated alkanes) is 15. The standard InChI is InChI=1S/C23H47O4P/c1-2-3-4-5-6-7-8-9-10-11-12-13-14-15-16-18-21-25-28(24)26-22-19-17-20-23-27-28/h2-23H2,1H3. The molecule has 1 rings (SSSR count). The maximum Gasteiger partial charge on any atom is 0.474 e. The minimum Gasteiger partial charge on any atom is -0.287 e. The number of hydrogen-bond donors (Lipinski definition) is 0. The molecule has 1 aliphatic rings. The number of hydrogen-bond acceptors (Lipinski definition) is 4. The fourth-order valence-corrected chi connectivity index (χ4v) is 4.95. The summed E-state index contributed by atoms with van der Waals surface area (Å²) in [6.07, 6.45) is 24.5. The van der Waals surface area contributed by atoms with Crippen molar-refractivity contribution in [2.45, 2.75) is 129 Å². The third-order valence-corrected chi connectivity index (χ3v) is 7.03. The molecule has 0 atom stereocenters. The molecule has 0 unspecified atom stereocenters. The first kappa shape index (κ1) is 26.1. The Morgan fingerprint density at radius 3 is 1.43 bits per heavy atom. The largest absolute Gasteiger partial charge is 0.474 e. The number of phosphoric acid groups is 1. The van der Waals surface area contributed by atoms with Gasteiger partial charge in [-0.3, -0.25) is 13.6 Å². The molecule has 0 saturated carbocycles. The van der Waals surface area contributed by atoms with Crippen molar-refractivity contribution < 1.29 is 18.1 Å². The molecule has 0 amide bonds. The lowest BCUT2D eigenvalue weighted by molar-refractivity contribution is 0.0978. The lowest BCUT2D eigenvalue weighted by Crippen LogP contribution is -2.07. The fraction of sp³-hybridized carbons (Fsp3) is 1.00. The fourth-order valence-electron chi connectivity index (χ4n) is 3.67. The van der Waals surface area contributed by atoms with Gasteiger partial charge in [0, 0.05) is 0 Å². The van der Waals surface area contributed by atoms with Crippen LogP contribution in [0.5, 0.6) is 0 Å². The third kappa shape index (κ3) is 16.0. The van der Waals surface area contributed by atoms with Crippen LogP contribution in [0, 0.1) is 0 Å². The molecule has 28 heavy (non-hydrogen) atoms. The maximum absolute atomic E-state index is 12.3. The average Bonchev–Trinajstić information content (AvgIpc) is 2.68. The summed E-state index contributed by atoms with van der Waals surface area (Å²) in [6, 6.07) is 0. The minimum atomic E-state index is -3.27. The van der Waals surface area contributed by atoms with Crippen LogP contribution in [0.3, 0.4) is 0 Å². The Hall–Kier alpha value is 0.110. The van der Waals surface area contributed by atoms with Crippen LogP contribution in [0.1, 0.15) is 129 Å². The molecule has 0 radical (unpaired) electrons. The zero-order valence-electron chi connectivity index (χ0n) is 18.6. The van der Waals surface area contributed by atoms with E-state index in [9.17, 15) is 4.57 Å². The highest BCUT2D eigenvalue weighted by molar-refractivity contribution is 7.48. The minimum absolute atomic E-state index is 0.482. The summed E-state index contributed by atoms with van der Waals surface area (Å²) in [7, 11) is -3.27. The number of rotatable bonds is 18. The van der Waals surface area contributed by atoms with Gasteiger partial charge < -0.3 is 0 Å². The van der Waals surface area contributed by atoms with Crippen LogP contribution < -0.4 is 0 Å². The first-order valence-corrected chi connectivity index (χ1v) is 13.8. The molecule has 0 N–H and O–H groups in total. The Balaban J connectivity index is 1.77. The van der Waals surface area contributed by atoms with Gasteiger partial charge in [0.2, 0.25) is 0 Å². The lowest BCUT2D eigenvalue weighted by Gasteiger charge is -2.20. The van der Waals surface area contributed by atoms with Crippen LogP contribution >= 0.6 is 7.82 Å². The summed E-state index contributed by atoms with van der Waals surface area (Å²) in [4.78, 5) is 0. The highest BCUT2D eigenvalue weighted by Crippen LogP contribution is 2.50. The van der Waals surface area contributed by atoms with Gasteiger partial charge in [-0.25, -0.2) is 4.57 Å². The van der Waals surface area contributed by atoms with Crippen molar-refractivity contribution >= 4 is 7.82 Å². The molecule has 1 heterocycles. The molecule has 0 aromatic carbocycles. The van der Waals surface area contributed by atoms with Gasteiger partial charge in [0.15, 0.2) is 0 Å². The summed E-state index contributed by atoms with van der Waals surface area (Å²) in [5.74, 6) is 0. The molecular formula is C23H47O4P. The van der Waals surface area contributed by atoms with E-state index in [4.69, 9.17) is 13.6 Å². The first-order chi connectivity index (χ1) is 13.8. The molecule has 1 fully saturated rings. The Bertz CT molecular complexity index is 364. The van der Waals surface area contributed by atoms with E-state index >= 15 is 0 Å². The molecular weight excluding hydrogens is 371 g/mol. The molecule has 0 aromatic rings. The van der Waals surface area contributed by atoms with Crippen LogP contribution in [0.2, 0.25) is 0 Å². The van der Waals surface area contributed by atoms with Gasteiger partial charge in [-0.05, 0) is 25.7 Å². The molecule has 1 aliphatic heterocycles. The van der Waals surface area contributed by atoms with Gasteiger partial charge in [0.25, 0.3) is 0 Å². The molecule has 0 aliphatic carbocycles. The van der Waals surface area contributed by atoms with E-state index < -0.39 is 7.82 Å². The SMILES string of the molecule is CCCCCCCCCCCCCCCCCCOP1(=O)OCCCCCO1. The summed E-state index contributed by atoms with van der Waals surface area (Å²) < 4.78 is 28.4. The Morgan fingerprint density at radius 1 is 0.607 bits per heavy atom. The van der Waals surface area contributed by atoms with Crippen LogP contribution in [0.25, 0.3) is 0 Å². The summed E-state index contributed by atoms with van der Waals surface area (Å²) in [6.45, 7) is 3.73. The molecule has 168 valence electrons. The van der Waals surface area contributed by atoms with Gasteiger partial charge in [-0.2, -0.15) is 0 Å². The van der Waals surface area contributed by atoms with Gasteiger partial charge in [-0.15, -0.1) is 0 Å². The van der Waals surface area contributed by atoms with E-state index in [0.29, 0.717) is 19.8 Å². The second-order valence-electron chi connectivity index (χ2n) is 8.31. The topological polar surface area (TPSA) is 44.8 Å². The molecule has 0 bridgehead atoms. The second kappa shape index (κ2) is 19.1. The van der Waals surface area contributed by atoms with Crippen LogP contribution in [-0.4, -0.2) is 19.8 Å². The number of phosphoric ester groups is 1. The van der Waals surface area contributed by atoms with E-state index in [1.54, 1.807) is 0 Å². The van der Waals surface area contributed by atoms with Crippen molar-refractivity contribution in [2.24, 2.45) is 0 Å². The van der Waals surface area contributed by atoms with Gasteiger partial charge in [-0.1, -0.05) is 103 Å². The van der Waals surface area contributed by atoms with Gasteiger partial charge in [0.1, 0.15) is 0 Å². The summed E-state index contributed by atoms with van der Waals surface area (Å²) >= 11 is 0. The van der Waals surface area contributed by atoms with Gasteiger partial charge >= 0.3 is 7.82 Å². The van der Waals surface area contributed by atoms with Crippen LogP contribution in [-0.2, 0) is 18.1 Å². The Morgan fingerprint density at radius 2 is 1.00 bits per heavy atom. The smallest absolute Gasteiger partial charge is 0.287 e. The third-order valence-electron chi connectivity index (χ3n) is 5.53. The zero-order chi connectivity index (χ0) is 20.2. The van der Waals surface area contributed by atoms with E-state index in [1.165, 1.54) is 89.9 Å². The molecule has 1 saturated heterocycles. The normalized spacial score (nSPS) is 17.3. The molecule has 0 spiro atoms. The van der Waals surface area contributed by atoms with E-state index in [1.807, 2.05) is 0 Å². The van der Waals surface area contributed by atoms with Gasteiger partial charge in [0.05, 0.1) is 19.8 Å². The van der Waals surface area contributed by atoms with Crippen molar-refractivity contribution in [1.29, 1.82) is 0 Å². The molecule has 0 aromatic heterocycles. The van der Waals surface area contributed by atoms with Crippen molar-refractivity contribution in [3.8, 4) is 0 Å². The summed E-state index contributed by atoms with van der Waals surface area (Å²) in [5, 5.41) is 0. The van der Waals surface area contributed by atoms with Crippen molar-refractivity contribution in [2.75, 3.05) is 19.8 Å². The maximum atomic E-state index is 12.3. The zero-order valence-corrected chi connectivity index (χ0v) is 19.5.